The fourth-order valence-corrected chi connectivity index (χ4v) is 2.54. The lowest BCUT2D eigenvalue weighted by molar-refractivity contribution is 0.580. The summed E-state index contributed by atoms with van der Waals surface area (Å²) in [6.07, 6.45) is 4.92. The van der Waals surface area contributed by atoms with Crippen LogP contribution in [0.3, 0.4) is 0 Å². The summed E-state index contributed by atoms with van der Waals surface area (Å²) in [6, 6.07) is 3.50. The van der Waals surface area contributed by atoms with Crippen LogP contribution in [0.25, 0.3) is 17.1 Å². The molecule has 0 aliphatic carbocycles. The van der Waals surface area contributed by atoms with Gasteiger partial charge in [0.25, 0.3) is 0 Å². The number of sulfonamides is 1. The molecule has 3 aromatic heterocycles. The van der Waals surface area contributed by atoms with Gasteiger partial charge in [-0.25, -0.2) is 18.4 Å². The molecule has 3 rings (SSSR count). The molecular formula is C13H14N4O3S. The van der Waals surface area contributed by atoms with Gasteiger partial charge in [0, 0.05) is 6.20 Å². The normalized spacial score (nSPS) is 11.9. The van der Waals surface area contributed by atoms with Gasteiger partial charge in [0.1, 0.15) is 0 Å². The average molecular weight is 306 g/mol. The highest BCUT2D eigenvalue weighted by Crippen LogP contribution is 2.25. The second kappa shape index (κ2) is 4.88. The molecule has 7 nitrogen and oxygen atoms in total. The molecule has 0 radical (unpaired) electrons. The van der Waals surface area contributed by atoms with Gasteiger partial charge < -0.3 is 8.82 Å². The van der Waals surface area contributed by atoms with Gasteiger partial charge in [-0.2, -0.15) is 0 Å². The van der Waals surface area contributed by atoms with E-state index < -0.39 is 10.0 Å². The molecule has 110 valence electrons. The van der Waals surface area contributed by atoms with Crippen molar-refractivity contribution < 1.29 is 12.8 Å². The van der Waals surface area contributed by atoms with Crippen molar-refractivity contribution in [2.45, 2.75) is 13.8 Å². The van der Waals surface area contributed by atoms with Crippen molar-refractivity contribution in [2.75, 3.05) is 10.5 Å². The Morgan fingerprint density at radius 1 is 1.33 bits per heavy atom. The van der Waals surface area contributed by atoms with E-state index in [2.05, 4.69) is 14.7 Å². The first kappa shape index (κ1) is 13.6. The predicted octanol–water partition coefficient (Wildman–Crippen LogP) is 2.06. The molecule has 3 aromatic rings. The summed E-state index contributed by atoms with van der Waals surface area (Å²) in [7, 11) is -3.40. The minimum atomic E-state index is -3.40. The van der Waals surface area contributed by atoms with Crippen molar-refractivity contribution >= 4 is 21.5 Å². The fraction of sp³-hybridized carbons (Fsp3) is 0.231. The van der Waals surface area contributed by atoms with Crippen LogP contribution in [-0.2, 0) is 10.0 Å². The van der Waals surface area contributed by atoms with Gasteiger partial charge >= 0.3 is 0 Å². The second-order valence-corrected chi connectivity index (χ2v) is 6.58. The van der Waals surface area contributed by atoms with Crippen molar-refractivity contribution in [3.05, 3.63) is 36.5 Å². The predicted molar refractivity (Wildman–Crippen MR) is 78.5 cm³/mol. The van der Waals surface area contributed by atoms with E-state index in [4.69, 9.17) is 4.42 Å². The topological polar surface area (TPSA) is 89.5 Å². The quantitative estimate of drug-likeness (QED) is 0.797. The molecule has 0 aliphatic heterocycles. The molecule has 1 N–H and O–H groups in total. The number of fused-ring (bicyclic) bond motifs is 1. The van der Waals surface area contributed by atoms with E-state index in [1.54, 1.807) is 35.9 Å². The van der Waals surface area contributed by atoms with Crippen molar-refractivity contribution in [3.63, 3.8) is 0 Å². The van der Waals surface area contributed by atoms with E-state index in [1.165, 1.54) is 6.26 Å². The lowest BCUT2D eigenvalue weighted by atomic mass is 10.3. The van der Waals surface area contributed by atoms with Crippen LogP contribution in [0.15, 0.2) is 35.2 Å². The van der Waals surface area contributed by atoms with Crippen molar-refractivity contribution in [3.8, 4) is 11.5 Å². The number of aryl methyl sites for hydroxylation is 1. The maximum Gasteiger partial charge on any atom is 0.233 e. The maximum absolute atomic E-state index is 11.7. The smallest absolute Gasteiger partial charge is 0.233 e. The van der Waals surface area contributed by atoms with E-state index in [0.29, 0.717) is 17.1 Å². The number of anilines is 1. The summed E-state index contributed by atoms with van der Waals surface area (Å²) in [5.41, 5.74) is 1.91. The molecule has 0 amide bonds. The Morgan fingerprint density at radius 2 is 2.14 bits per heavy atom. The van der Waals surface area contributed by atoms with Gasteiger partial charge in [-0.05, 0) is 26.0 Å². The number of imidazole rings is 1. The molecule has 8 heteroatoms. The third-order valence-corrected chi connectivity index (χ3v) is 4.23. The van der Waals surface area contributed by atoms with Gasteiger partial charge in [-0.1, -0.05) is 0 Å². The number of hydrogen-bond donors (Lipinski definition) is 1. The van der Waals surface area contributed by atoms with Crippen molar-refractivity contribution in [1.29, 1.82) is 0 Å². The number of rotatable bonds is 4. The fourth-order valence-electron chi connectivity index (χ4n) is 1.98. The zero-order chi connectivity index (χ0) is 15.0. The Kier molecular flexibility index (Phi) is 3.17. The minimum absolute atomic E-state index is 0.0221. The molecule has 0 saturated carbocycles. The van der Waals surface area contributed by atoms with E-state index in [-0.39, 0.29) is 11.6 Å². The highest BCUT2D eigenvalue weighted by atomic mass is 32.2. The molecular weight excluding hydrogens is 292 g/mol. The standard InChI is InChI=1S/C13H14N4O3S/c1-3-21(18,19)16-11-8-17-7-9(2)14-13(17)12(15-11)10-5-4-6-20-10/h4-8,16H,3H2,1-2H3. The molecule has 0 unspecified atom stereocenters. The van der Waals surface area contributed by atoms with Crippen LogP contribution in [0.2, 0.25) is 0 Å². The van der Waals surface area contributed by atoms with Gasteiger partial charge in [0.05, 0.1) is 23.9 Å². The van der Waals surface area contributed by atoms with E-state index in [0.717, 1.165) is 5.69 Å². The largest absolute Gasteiger partial charge is 0.463 e. The summed E-state index contributed by atoms with van der Waals surface area (Å²) in [5.74, 6) is 0.738. The lowest BCUT2D eigenvalue weighted by Crippen LogP contribution is -2.16. The number of nitrogens with zero attached hydrogens (tertiary/aromatic N) is 3. The molecule has 0 spiro atoms. The Labute approximate surface area is 121 Å². The summed E-state index contributed by atoms with van der Waals surface area (Å²) in [6.45, 7) is 3.42. The van der Waals surface area contributed by atoms with Crippen LogP contribution in [-0.4, -0.2) is 28.5 Å². The summed E-state index contributed by atoms with van der Waals surface area (Å²) < 4.78 is 32.9. The van der Waals surface area contributed by atoms with Gasteiger partial charge in [-0.15, -0.1) is 0 Å². The maximum atomic E-state index is 11.7. The van der Waals surface area contributed by atoms with Crippen LogP contribution >= 0.6 is 0 Å². The van der Waals surface area contributed by atoms with Crippen LogP contribution in [0.4, 0.5) is 5.82 Å². The van der Waals surface area contributed by atoms with Crippen molar-refractivity contribution in [1.82, 2.24) is 14.4 Å². The first-order valence-corrected chi connectivity index (χ1v) is 8.04. The monoisotopic (exact) mass is 306 g/mol. The Balaban J connectivity index is 2.20. The summed E-state index contributed by atoms with van der Waals surface area (Å²) in [5, 5.41) is 0. The Morgan fingerprint density at radius 3 is 2.81 bits per heavy atom. The number of nitrogens with one attached hydrogen (secondary N) is 1. The number of hydrogen-bond acceptors (Lipinski definition) is 5. The molecule has 0 atom stereocenters. The molecule has 0 aliphatic rings. The van der Waals surface area contributed by atoms with Crippen LogP contribution in [0.5, 0.6) is 0 Å². The van der Waals surface area contributed by atoms with Crippen molar-refractivity contribution in [2.24, 2.45) is 0 Å². The SMILES string of the molecule is CCS(=O)(=O)Nc1cn2cc(C)nc2c(-c2ccco2)n1. The molecule has 0 aromatic carbocycles. The molecule has 21 heavy (non-hydrogen) atoms. The summed E-state index contributed by atoms with van der Waals surface area (Å²) in [4.78, 5) is 8.71. The first-order chi connectivity index (χ1) is 9.98. The Hall–Kier alpha value is -2.35. The lowest BCUT2D eigenvalue weighted by Gasteiger charge is -2.08. The van der Waals surface area contributed by atoms with Gasteiger partial charge in [0.15, 0.2) is 22.9 Å². The Bertz CT molecular complexity index is 882. The molecule has 0 fully saturated rings. The zero-order valence-corrected chi connectivity index (χ0v) is 12.4. The van der Waals surface area contributed by atoms with Gasteiger partial charge in [-0.3, -0.25) is 4.72 Å². The highest BCUT2D eigenvalue weighted by Gasteiger charge is 2.15. The highest BCUT2D eigenvalue weighted by molar-refractivity contribution is 7.92. The van der Waals surface area contributed by atoms with E-state index in [1.807, 2.05) is 6.92 Å². The third-order valence-electron chi connectivity index (χ3n) is 2.95. The minimum Gasteiger partial charge on any atom is -0.463 e. The van der Waals surface area contributed by atoms with E-state index in [9.17, 15) is 8.42 Å². The zero-order valence-electron chi connectivity index (χ0n) is 11.6. The molecule has 0 saturated heterocycles. The molecule has 3 heterocycles. The molecule has 0 bridgehead atoms. The van der Waals surface area contributed by atoms with Gasteiger partial charge in [0.2, 0.25) is 10.0 Å². The summed E-state index contributed by atoms with van der Waals surface area (Å²) >= 11 is 0. The third kappa shape index (κ3) is 2.62. The number of furan rings is 1. The van der Waals surface area contributed by atoms with Crippen LogP contribution in [0.1, 0.15) is 12.6 Å². The van der Waals surface area contributed by atoms with Crippen LogP contribution in [0, 0.1) is 6.92 Å². The number of aromatic nitrogens is 3. The van der Waals surface area contributed by atoms with E-state index >= 15 is 0 Å². The first-order valence-electron chi connectivity index (χ1n) is 6.39. The van der Waals surface area contributed by atoms with Crippen LogP contribution < -0.4 is 4.72 Å². The average Bonchev–Trinajstić information content (AvgIpc) is 3.05. The second-order valence-electron chi connectivity index (χ2n) is 4.57.